The van der Waals surface area contributed by atoms with Gasteiger partial charge < -0.3 is 15.8 Å². The number of halogens is 1. The summed E-state index contributed by atoms with van der Waals surface area (Å²) in [6.07, 6.45) is 2.46. The molecule has 0 aromatic heterocycles. The lowest BCUT2D eigenvalue weighted by Gasteiger charge is -2.28. The van der Waals surface area contributed by atoms with Gasteiger partial charge in [-0.15, -0.1) is 24.0 Å². The van der Waals surface area contributed by atoms with E-state index in [-0.39, 0.29) is 30.0 Å². The summed E-state index contributed by atoms with van der Waals surface area (Å²) in [5, 5.41) is 3.17. The Hall–Kier alpha value is -1.80. The number of methoxy groups -OCH3 is 1. The molecule has 146 valence electrons. The van der Waals surface area contributed by atoms with Gasteiger partial charge >= 0.3 is 0 Å². The lowest BCUT2D eigenvalue weighted by atomic mass is 10.0. The predicted octanol–water partition coefficient (Wildman–Crippen LogP) is 4.19. The van der Waals surface area contributed by atoms with Crippen molar-refractivity contribution in [3.63, 3.8) is 0 Å². The molecule has 6 heteroatoms. The molecule has 0 bridgehead atoms. The number of aliphatic imine (C=N–C) groups is 1. The lowest BCUT2D eigenvalue weighted by molar-refractivity contribution is 0.245. The van der Waals surface area contributed by atoms with Crippen LogP contribution in [0.25, 0.3) is 0 Å². The van der Waals surface area contributed by atoms with Crippen LogP contribution in [0.1, 0.15) is 30.0 Å². The van der Waals surface area contributed by atoms with Gasteiger partial charge in [-0.05, 0) is 51.1 Å². The molecule has 0 radical (unpaired) electrons. The predicted molar refractivity (Wildman–Crippen MR) is 123 cm³/mol. The molecule has 3 N–H and O–H groups in total. The standard InChI is InChI=1S/C21H28N4O.HI/c1-16-9-11-17(12-10-16)24-21(22)23-15-19(25-13-5-6-14-25)18-7-3-4-8-20(18)26-2;/h3-4,7-12,19H,5-6,13-15H2,1-2H3,(H3,22,23,24);1H. The zero-order chi connectivity index (χ0) is 18.4. The number of likely N-dealkylation sites (tertiary alicyclic amines) is 1. The minimum Gasteiger partial charge on any atom is -0.496 e. The van der Waals surface area contributed by atoms with Crippen LogP contribution in [-0.2, 0) is 0 Å². The molecule has 27 heavy (non-hydrogen) atoms. The monoisotopic (exact) mass is 480 g/mol. The van der Waals surface area contributed by atoms with Crippen molar-refractivity contribution in [1.82, 2.24) is 4.90 Å². The molecule has 3 rings (SSSR count). The third-order valence-electron chi connectivity index (χ3n) is 4.84. The number of aryl methyl sites for hydroxylation is 1. The second-order valence-electron chi connectivity index (χ2n) is 6.72. The zero-order valence-electron chi connectivity index (χ0n) is 16.0. The maximum Gasteiger partial charge on any atom is 0.193 e. The van der Waals surface area contributed by atoms with Gasteiger partial charge in [0.15, 0.2) is 5.96 Å². The van der Waals surface area contributed by atoms with E-state index in [2.05, 4.69) is 46.4 Å². The highest BCUT2D eigenvalue weighted by Crippen LogP contribution is 2.31. The number of guanidine groups is 1. The first-order valence-corrected chi connectivity index (χ1v) is 9.18. The molecule has 1 fully saturated rings. The molecular formula is C21H29IN4O. The van der Waals surface area contributed by atoms with Gasteiger partial charge in [0.2, 0.25) is 0 Å². The molecule has 1 aliphatic heterocycles. The van der Waals surface area contributed by atoms with Crippen LogP contribution in [0, 0.1) is 6.92 Å². The van der Waals surface area contributed by atoms with Crippen molar-refractivity contribution in [2.24, 2.45) is 10.7 Å². The van der Waals surface area contributed by atoms with Crippen molar-refractivity contribution in [2.45, 2.75) is 25.8 Å². The van der Waals surface area contributed by atoms with Gasteiger partial charge in [-0.1, -0.05) is 35.9 Å². The van der Waals surface area contributed by atoms with Crippen molar-refractivity contribution in [3.05, 3.63) is 59.7 Å². The molecule has 1 heterocycles. The number of hydrogen-bond donors (Lipinski definition) is 2. The first kappa shape index (κ1) is 21.5. The van der Waals surface area contributed by atoms with E-state index in [1.165, 1.54) is 24.0 Å². The molecule has 1 aliphatic rings. The third-order valence-corrected chi connectivity index (χ3v) is 4.84. The first-order chi connectivity index (χ1) is 12.7. The summed E-state index contributed by atoms with van der Waals surface area (Å²) in [7, 11) is 1.72. The molecule has 2 aromatic rings. The van der Waals surface area contributed by atoms with Gasteiger partial charge in [0.1, 0.15) is 5.75 Å². The van der Waals surface area contributed by atoms with Crippen LogP contribution >= 0.6 is 24.0 Å². The number of benzene rings is 2. The molecule has 1 atom stereocenters. The lowest BCUT2D eigenvalue weighted by Crippen LogP contribution is -2.30. The second-order valence-corrected chi connectivity index (χ2v) is 6.72. The number of rotatable bonds is 6. The van der Waals surface area contributed by atoms with E-state index in [9.17, 15) is 0 Å². The highest BCUT2D eigenvalue weighted by Gasteiger charge is 2.25. The van der Waals surface area contributed by atoms with Crippen molar-refractivity contribution >= 4 is 35.6 Å². The molecule has 1 saturated heterocycles. The summed E-state index contributed by atoms with van der Waals surface area (Å²) in [6, 6.07) is 16.5. The molecule has 0 saturated carbocycles. The molecule has 0 spiro atoms. The van der Waals surface area contributed by atoms with E-state index in [0.29, 0.717) is 12.5 Å². The van der Waals surface area contributed by atoms with Crippen LogP contribution in [0.2, 0.25) is 0 Å². The molecule has 0 aliphatic carbocycles. The summed E-state index contributed by atoms with van der Waals surface area (Å²) in [5.41, 5.74) is 9.47. The second kappa shape index (κ2) is 10.5. The van der Waals surface area contributed by atoms with Gasteiger partial charge in [0, 0.05) is 11.3 Å². The number of nitrogens with one attached hydrogen (secondary N) is 1. The molecule has 2 aromatic carbocycles. The van der Waals surface area contributed by atoms with E-state index in [1.54, 1.807) is 7.11 Å². The number of ether oxygens (including phenoxy) is 1. The quantitative estimate of drug-likeness (QED) is 0.370. The Labute approximate surface area is 179 Å². The van der Waals surface area contributed by atoms with Crippen LogP contribution < -0.4 is 15.8 Å². The minimum absolute atomic E-state index is 0. The fourth-order valence-corrected chi connectivity index (χ4v) is 3.41. The first-order valence-electron chi connectivity index (χ1n) is 9.18. The number of nitrogens with zero attached hydrogens (tertiary/aromatic N) is 2. The maximum absolute atomic E-state index is 6.13. The summed E-state index contributed by atoms with van der Waals surface area (Å²) < 4.78 is 5.58. The van der Waals surface area contributed by atoms with Gasteiger partial charge in [-0.2, -0.15) is 0 Å². The van der Waals surface area contributed by atoms with Gasteiger partial charge in [0.05, 0.1) is 19.7 Å². The number of nitrogens with two attached hydrogens (primary N) is 1. The largest absolute Gasteiger partial charge is 0.496 e. The fourth-order valence-electron chi connectivity index (χ4n) is 3.41. The Morgan fingerprint density at radius 1 is 1.15 bits per heavy atom. The topological polar surface area (TPSA) is 62.9 Å². The van der Waals surface area contributed by atoms with Crippen molar-refractivity contribution < 1.29 is 4.74 Å². The maximum atomic E-state index is 6.13. The summed E-state index contributed by atoms with van der Waals surface area (Å²) >= 11 is 0. The van der Waals surface area contributed by atoms with Crippen LogP contribution in [-0.4, -0.2) is 37.6 Å². The number of anilines is 1. The highest BCUT2D eigenvalue weighted by molar-refractivity contribution is 14.0. The minimum atomic E-state index is 0. The molecule has 0 amide bonds. The Kier molecular flexibility index (Phi) is 8.37. The van der Waals surface area contributed by atoms with Crippen LogP contribution in [0.15, 0.2) is 53.5 Å². The highest BCUT2D eigenvalue weighted by atomic mass is 127. The van der Waals surface area contributed by atoms with E-state index in [4.69, 9.17) is 10.5 Å². The van der Waals surface area contributed by atoms with E-state index in [0.717, 1.165) is 24.5 Å². The van der Waals surface area contributed by atoms with Gasteiger partial charge in [0.25, 0.3) is 0 Å². The average Bonchev–Trinajstić information content (AvgIpc) is 3.18. The Morgan fingerprint density at radius 2 is 1.81 bits per heavy atom. The summed E-state index contributed by atoms with van der Waals surface area (Å²) in [5.74, 6) is 1.35. The summed E-state index contributed by atoms with van der Waals surface area (Å²) in [4.78, 5) is 7.10. The Balaban J connectivity index is 0.00000261. The summed E-state index contributed by atoms with van der Waals surface area (Å²) in [6.45, 7) is 4.84. The van der Waals surface area contributed by atoms with E-state index in [1.807, 2.05) is 24.3 Å². The SMILES string of the molecule is COc1ccccc1C(CN=C(N)Nc1ccc(C)cc1)N1CCCC1.I. The van der Waals surface area contributed by atoms with Gasteiger partial charge in [-0.3, -0.25) is 9.89 Å². The number of para-hydroxylation sites is 1. The van der Waals surface area contributed by atoms with E-state index < -0.39 is 0 Å². The Bertz CT molecular complexity index is 742. The van der Waals surface area contributed by atoms with Crippen molar-refractivity contribution in [1.29, 1.82) is 0 Å². The smallest absolute Gasteiger partial charge is 0.193 e. The van der Waals surface area contributed by atoms with E-state index >= 15 is 0 Å². The van der Waals surface area contributed by atoms with Crippen LogP contribution in [0.3, 0.4) is 0 Å². The zero-order valence-corrected chi connectivity index (χ0v) is 18.4. The van der Waals surface area contributed by atoms with Crippen LogP contribution in [0.5, 0.6) is 5.75 Å². The average molecular weight is 480 g/mol. The fraction of sp³-hybridized carbons (Fsp3) is 0.381. The molecule has 1 unspecified atom stereocenters. The Morgan fingerprint density at radius 3 is 2.48 bits per heavy atom. The number of hydrogen-bond acceptors (Lipinski definition) is 3. The van der Waals surface area contributed by atoms with Gasteiger partial charge in [-0.25, -0.2) is 0 Å². The molecular weight excluding hydrogens is 451 g/mol. The van der Waals surface area contributed by atoms with Crippen molar-refractivity contribution in [3.8, 4) is 5.75 Å². The third kappa shape index (κ3) is 5.84. The van der Waals surface area contributed by atoms with Crippen LogP contribution in [0.4, 0.5) is 5.69 Å². The normalized spacial score (nSPS) is 15.9. The molecule has 5 nitrogen and oxygen atoms in total. The van der Waals surface area contributed by atoms with Crippen molar-refractivity contribution in [2.75, 3.05) is 32.1 Å².